The van der Waals surface area contributed by atoms with Crippen molar-refractivity contribution in [2.24, 2.45) is 5.92 Å². The first kappa shape index (κ1) is 12.5. The standard InChI is InChI=1S/C13H13N3OS2/c1-6(2)12(17)16-13-15-9-5-4-8-10(11(9)19-13)18-7(3)14-8/h4-6H,1-3H3,(H,15,16,17). The minimum absolute atomic E-state index is 0.00390. The third-order valence-electron chi connectivity index (χ3n) is 2.77. The van der Waals surface area contributed by atoms with Crippen molar-refractivity contribution in [3.05, 3.63) is 17.1 Å². The van der Waals surface area contributed by atoms with Crippen LogP contribution in [0.5, 0.6) is 0 Å². The number of aryl methyl sites for hydroxylation is 1. The lowest BCUT2D eigenvalue weighted by atomic mass is 10.2. The molecule has 0 saturated carbocycles. The van der Waals surface area contributed by atoms with Gasteiger partial charge < -0.3 is 5.32 Å². The molecule has 0 bridgehead atoms. The SMILES string of the molecule is Cc1nc2ccc3nc(NC(=O)C(C)C)sc3c2s1. The Hall–Kier alpha value is -1.53. The van der Waals surface area contributed by atoms with Gasteiger partial charge in [0.1, 0.15) is 0 Å². The van der Waals surface area contributed by atoms with Gasteiger partial charge in [-0.1, -0.05) is 25.2 Å². The Bertz CT molecular complexity index is 773. The van der Waals surface area contributed by atoms with Gasteiger partial charge >= 0.3 is 0 Å². The zero-order valence-electron chi connectivity index (χ0n) is 10.9. The maximum atomic E-state index is 11.7. The summed E-state index contributed by atoms with van der Waals surface area (Å²) in [5.41, 5.74) is 1.92. The number of amides is 1. The lowest BCUT2D eigenvalue weighted by Gasteiger charge is -2.02. The van der Waals surface area contributed by atoms with Gasteiger partial charge in [0.05, 0.1) is 25.4 Å². The molecule has 0 radical (unpaired) electrons. The van der Waals surface area contributed by atoms with Gasteiger partial charge in [0, 0.05) is 5.92 Å². The third kappa shape index (κ3) is 2.21. The normalized spacial score (nSPS) is 11.6. The van der Waals surface area contributed by atoms with Gasteiger partial charge in [0.15, 0.2) is 5.13 Å². The van der Waals surface area contributed by atoms with Gasteiger partial charge in [-0.3, -0.25) is 4.79 Å². The quantitative estimate of drug-likeness (QED) is 0.781. The molecule has 0 fully saturated rings. The van der Waals surface area contributed by atoms with E-state index in [4.69, 9.17) is 0 Å². The number of thiazole rings is 2. The van der Waals surface area contributed by atoms with Gasteiger partial charge in [-0.25, -0.2) is 9.97 Å². The first-order valence-corrected chi connectivity index (χ1v) is 7.65. The van der Waals surface area contributed by atoms with Gasteiger partial charge in [-0.15, -0.1) is 11.3 Å². The first-order chi connectivity index (χ1) is 9.04. The van der Waals surface area contributed by atoms with E-state index >= 15 is 0 Å². The lowest BCUT2D eigenvalue weighted by Crippen LogP contribution is -2.17. The van der Waals surface area contributed by atoms with Crippen LogP contribution in [0, 0.1) is 12.8 Å². The molecular weight excluding hydrogens is 278 g/mol. The molecule has 0 aliphatic carbocycles. The van der Waals surface area contributed by atoms with Crippen LogP contribution in [0.3, 0.4) is 0 Å². The number of fused-ring (bicyclic) bond motifs is 3. The van der Waals surface area contributed by atoms with Crippen molar-refractivity contribution >= 4 is 54.1 Å². The predicted molar refractivity (Wildman–Crippen MR) is 81.0 cm³/mol. The second-order valence-corrected chi connectivity index (χ2v) is 6.86. The van der Waals surface area contributed by atoms with E-state index in [2.05, 4.69) is 15.3 Å². The summed E-state index contributed by atoms with van der Waals surface area (Å²) < 4.78 is 2.25. The van der Waals surface area contributed by atoms with Crippen LogP contribution in [-0.4, -0.2) is 15.9 Å². The molecule has 0 spiro atoms. The van der Waals surface area contributed by atoms with Crippen LogP contribution in [0.25, 0.3) is 20.4 Å². The molecule has 1 aromatic carbocycles. The van der Waals surface area contributed by atoms with Crippen LogP contribution in [0.1, 0.15) is 18.9 Å². The van der Waals surface area contributed by atoms with Gasteiger partial charge in [-0.2, -0.15) is 0 Å². The summed E-state index contributed by atoms with van der Waals surface area (Å²) in [5, 5.41) is 4.56. The van der Waals surface area contributed by atoms with E-state index < -0.39 is 0 Å². The Morgan fingerprint density at radius 3 is 2.47 bits per heavy atom. The van der Waals surface area contributed by atoms with Crippen LogP contribution in [-0.2, 0) is 4.79 Å². The summed E-state index contributed by atoms with van der Waals surface area (Å²) in [6.07, 6.45) is 0. The average Bonchev–Trinajstić information content (AvgIpc) is 2.90. The van der Waals surface area contributed by atoms with E-state index in [0.717, 1.165) is 25.4 Å². The first-order valence-electron chi connectivity index (χ1n) is 6.02. The van der Waals surface area contributed by atoms with Gasteiger partial charge in [-0.05, 0) is 19.1 Å². The molecule has 1 amide bonds. The molecule has 0 saturated heterocycles. The molecule has 19 heavy (non-hydrogen) atoms. The number of anilines is 1. The molecule has 2 heterocycles. The Labute approximate surface area is 118 Å². The van der Waals surface area contributed by atoms with Crippen molar-refractivity contribution in [2.45, 2.75) is 20.8 Å². The molecule has 6 heteroatoms. The minimum Gasteiger partial charge on any atom is -0.302 e. The highest BCUT2D eigenvalue weighted by Gasteiger charge is 2.13. The molecule has 1 N–H and O–H groups in total. The molecule has 0 atom stereocenters. The second-order valence-electron chi connectivity index (χ2n) is 4.66. The third-order valence-corrected chi connectivity index (χ3v) is 4.91. The largest absolute Gasteiger partial charge is 0.302 e. The van der Waals surface area contributed by atoms with E-state index in [1.807, 2.05) is 32.9 Å². The number of nitrogens with zero attached hydrogens (tertiary/aromatic N) is 2. The Balaban J connectivity index is 2.09. The molecule has 3 aromatic rings. The number of carbonyl (C=O) groups is 1. The fourth-order valence-corrected chi connectivity index (χ4v) is 3.80. The number of hydrogen-bond acceptors (Lipinski definition) is 5. The molecule has 98 valence electrons. The van der Waals surface area contributed by atoms with E-state index in [1.165, 1.54) is 11.3 Å². The number of hydrogen-bond donors (Lipinski definition) is 1. The van der Waals surface area contributed by atoms with Gasteiger partial charge in [0.2, 0.25) is 5.91 Å². The number of aromatic nitrogens is 2. The van der Waals surface area contributed by atoms with Crippen molar-refractivity contribution in [1.29, 1.82) is 0 Å². The molecule has 2 aromatic heterocycles. The van der Waals surface area contributed by atoms with E-state index in [0.29, 0.717) is 5.13 Å². The van der Waals surface area contributed by atoms with E-state index in [1.54, 1.807) is 11.3 Å². The van der Waals surface area contributed by atoms with Crippen molar-refractivity contribution in [3.63, 3.8) is 0 Å². The summed E-state index contributed by atoms with van der Waals surface area (Å²) in [6.45, 7) is 5.74. The minimum atomic E-state index is -0.0438. The Morgan fingerprint density at radius 1 is 1.16 bits per heavy atom. The smallest absolute Gasteiger partial charge is 0.228 e. The maximum absolute atomic E-state index is 11.7. The molecule has 4 nitrogen and oxygen atoms in total. The zero-order valence-corrected chi connectivity index (χ0v) is 12.5. The number of nitrogens with one attached hydrogen (secondary N) is 1. The van der Waals surface area contributed by atoms with Crippen molar-refractivity contribution < 1.29 is 4.79 Å². The highest BCUT2D eigenvalue weighted by molar-refractivity contribution is 7.28. The van der Waals surface area contributed by atoms with Crippen molar-refractivity contribution in [2.75, 3.05) is 5.32 Å². The number of carbonyl (C=O) groups excluding carboxylic acids is 1. The molecular formula is C13H13N3OS2. The second kappa shape index (κ2) is 4.54. The molecule has 0 aliphatic rings. The monoisotopic (exact) mass is 291 g/mol. The fraction of sp³-hybridized carbons (Fsp3) is 0.308. The molecule has 0 unspecified atom stereocenters. The van der Waals surface area contributed by atoms with Crippen molar-refractivity contribution in [3.8, 4) is 0 Å². The maximum Gasteiger partial charge on any atom is 0.228 e. The van der Waals surface area contributed by atoms with Crippen LogP contribution < -0.4 is 5.32 Å². The van der Waals surface area contributed by atoms with E-state index in [-0.39, 0.29) is 11.8 Å². The van der Waals surface area contributed by atoms with E-state index in [9.17, 15) is 4.79 Å². The number of benzene rings is 1. The molecule has 0 aliphatic heterocycles. The summed E-state index contributed by atoms with van der Waals surface area (Å²) in [6, 6.07) is 3.94. The highest BCUT2D eigenvalue weighted by Crippen LogP contribution is 2.35. The summed E-state index contributed by atoms with van der Waals surface area (Å²) in [4.78, 5) is 20.6. The number of rotatable bonds is 2. The fourth-order valence-electron chi connectivity index (χ4n) is 1.79. The Morgan fingerprint density at radius 2 is 1.79 bits per heavy atom. The topological polar surface area (TPSA) is 54.9 Å². The van der Waals surface area contributed by atoms with Crippen LogP contribution >= 0.6 is 22.7 Å². The van der Waals surface area contributed by atoms with Crippen LogP contribution in [0.2, 0.25) is 0 Å². The highest BCUT2D eigenvalue weighted by atomic mass is 32.1. The average molecular weight is 291 g/mol. The summed E-state index contributed by atoms with van der Waals surface area (Å²) >= 11 is 3.18. The lowest BCUT2D eigenvalue weighted by molar-refractivity contribution is -0.118. The van der Waals surface area contributed by atoms with Crippen LogP contribution in [0.4, 0.5) is 5.13 Å². The van der Waals surface area contributed by atoms with Crippen LogP contribution in [0.15, 0.2) is 12.1 Å². The predicted octanol–water partition coefficient (Wildman–Crippen LogP) is 3.81. The summed E-state index contributed by atoms with van der Waals surface area (Å²) in [7, 11) is 0. The van der Waals surface area contributed by atoms with Crippen molar-refractivity contribution in [1.82, 2.24) is 9.97 Å². The zero-order chi connectivity index (χ0) is 13.6. The molecule has 3 rings (SSSR count). The van der Waals surface area contributed by atoms with Gasteiger partial charge in [0.25, 0.3) is 0 Å². The summed E-state index contributed by atoms with van der Waals surface area (Å²) in [5.74, 6) is -0.0477. The Kier molecular flexibility index (Phi) is 2.99.